The number of aromatic amines is 1. The summed E-state index contributed by atoms with van der Waals surface area (Å²) in [7, 11) is 1.99. The lowest BCUT2D eigenvalue weighted by molar-refractivity contribution is 0.616. The Hall–Kier alpha value is -2.15. The van der Waals surface area contributed by atoms with Crippen LogP contribution in [0.2, 0.25) is 0 Å². The predicted octanol–water partition coefficient (Wildman–Crippen LogP) is 0.555. The van der Waals surface area contributed by atoms with Crippen molar-refractivity contribution in [1.82, 2.24) is 25.5 Å². The molecule has 106 valence electrons. The van der Waals surface area contributed by atoms with Gasteiger partial charge in [0.2, 0.25) is 5.95 Å². The number of rotatable bonds is 3. The Kier molecular flexibility index (Phi) is 3.27. The summed E-state index contributed by atoms with van der Waals surface area (Å²) in [6, 6.07) is 2.47. The molecule has 20 heavy (non-hydrogen) atoms. The van der Waals surface area contributed by atoms with Crippen LogP contribution in [0.15, 0.2) is 12.3 Å². The maximum atomic E-state index is 5.85. The van der Waals surface area contributed by atoms with Crippen molar-refractivity contribution in [1.29, 1.82) is 0 Å². The quantitative estimate of drug-likeness (QED) is 0.756. The normalized spacial score (nSPS) is 18.7. The zero-order valence-corrected chi connectivity index (χ0v) is 11.7. The summed E-state index contributed by atoms with van der Waals surface area (Å²) >= 11 is 0. The van der Waals surface area contributed by atoms with Crippen LogP contribution in [0, 0.1) is 6.92 Å². The molecule has 3 heterocycles. The zero-order chi connectivity index (χ0) is 14.1. The van der Waals surface area contributed by atoms with Crippen LogP contribution in [-0.4, -0.2) is 46.3 Å². The molecular formula is C13H19N7. The maximum absolute atomic E-state index is 5.85. The van der Waals surface area contributed by atoms with Gasteiger partial charge in [-0.25, -0.2) is 4.98 Å². The van der Waals surface area contributed by atoms with Crippen molar-refractivity contribution in [2.45, 2.75) is 19.4 Å². The number of hydrogen-bond acceptors (Lipinski definition) is 6. The van der Waals surface area contributed by atoms with Crippen molar-refractivity contribution >= 4 is 11.8 Å². The molecule has 0 bridgehead atoms. The van der Waals surface area contributed by atoms with Crippen LogP contribution in [0.1, 0.15) is 12.0 Å². The molecule has 0 unspecified atom stereocenters. The Morgan fingerprint density at radius 3 is 2.95 bits per heavy atom. The highest BCUT2D eigenvalue weighted by molar-refractivity contribution is 5.63. The third kappa shape index (κ3) is 2.32. The van der Waals surface area contributed by atoms with Gasteiger partial charge in [0.25, 0.3) is 0 Å². The van der Waals surface area contributed by atoms with Crippen LogP contribution in [0.25, 0.3) is 11.4 Å². The molecular weight excluding hydrogens is 254 g/mol. The second kappa shape index (κ2) is 5.09. The number of likely N-dealkylation sites (N-methyl/N-ethyl adjacent to an activating group) is 1. The number of aryl methyl sites for hydroxylation is 1. The Bertz CT molecular complexity index is 607. The van der Waals surface area contributed by atoms with Gasteiger partial charge in [-0.05, 0) is 26.0 Å². The number of hydrogen-bond donors (Lipinski definition) is 3. The number of nitrogens with two attached hydrogens (primary N) is 1. The molecule has 0 saturated carbocycles. The Morgan fingerprint density at radius 2 is 2.30 bits per heavy atom. The van der Waals surface area contributed by atoms with E-state index in [1.54, 1.807) is 6.20 Å². The van der Waals surface area contributed by atoms with Crippen LogP contribution in [-0.2, 0) is 0 Å². The van der Waals surface area contributed by atoms with E-state index in [9.17, 15) is 0 Å². The summed E-state index contributed by atoms with van der Waals surface area (Å²) in [5.74, 6) is 1.17. The van der Waals surface area contributed by atoms with Crippen molar-refractivity contribution < 1.29 is 0 Å². The molecule has 0 aromatic carbocycles. The van der Waals surface area contributed by atoms with Gasteiger partial charge in [-0.2, -0.15) is 10.1 Å². The minimum atomic E-state index is 0.291. The molecule has 7 nitrogen and oxygen atoms in total. The fourth-order valence-electron chi connectivity index (χ4n) is 2.55. The molecule has 1 fully saturated rings. The lowest BCUT2D eigenvalue weighted by Crippen LogP contribution is -2.30. The molecule has 0 amide bonds. The summed E-state index contributed by atoms with van der Waals surface area (Å²) in [4.78, 5) is 10.9. The van der Waals surface area contributed by atoms with Gasteiger partial charge in [-0.1, -0.05) is 0 Å². The largest absolute Gasteiger partial charge is 0.368 e. The second-order valence-electron chi connectivity index (χ2n) is 5.12. The topological polar surface area (TPSA) is 95.8 Å². The first-order valence-corrected chi connectivity index (χ1v) is 6.74. The molecule has 1 aliphatic rings. The molecule has 0 radical (unpaired) electrons. The molecule has 1 saturated heterocycles. The average molecular weight is 273 g/mol. The van der Waals surface area contributed by atoms with Crippen LogP contribution in [0.3, 0.4) is 0 Å². The van der Waals surface area contributed by atoms with E-state index in [1.807, 2.05) is 20.0 Å². The van der Waals surface area contributed by atoms with E-state index in [-0.39, 0.29) is 0 Å². The molecule has 4 N–H and O–H groups in total. The molecule has 1 atom stereocenters. The molecule has 0 aliphatic carbocycles. The van der Waals surface area contributed by atoms with Crippen molar-refractivity contribution in [3.05, 3.63) is 17.8 Å². The van der Waals surface area contributed by atoms with E-state index in [0.29, 0.717) is 12.0 Å². The first-order chi connectivity index (χ1) is 9.67. The first kappa shape index (κ1) is 12.9. The smallest absolute Gasteiger partial charge is 0.222 e. The summed E-state index contributed by atoms with van der Waals surface area (Å²) in [6.45, 7) is 3.90. The van der Waals surface area contributed by atoms with Gasteiger partial charge in [0.1, 0.15) is 5.82 Å². The lowest BCUT2D eigenvalue weighted by Gasteiger charge is -2.18. The van der Waals surface area contributed by atoms with Gasteiger partial charge in [-0.3, -0.25) is 5.10 Å². The SMILES string of the molecule is CN[C@H]1CCN(c2cc(-c3[nH]ncc3C)nc(N)n2)C1. The summed E-state index contributed by atoms with van der Waals surface area (Å²) < 4.78 is 0. The fourth-order valence-corrected chi connectivity index (χ4v) is 2.55. The van der Waals surface area contributed by atoms with Gasteiger partial charge in [0, 0.05) is 25.2 Å². The monoisotopic (exact) mass is 273 g/mol. The third-order valence-electron chi connectivity index (χ3n) is 3.74. The number of aromatic nitrogens is 4. The number of nitrogen functional groups attached to an aromatic ring is 1. The Balaban J connectivity index is 1.93. The van der Waals surface area contributed by atoms with Crippen LogP contribution >= 0.6 is 0 Å². The average Bonchev–Trinajstić information content (AvgIpc) is 3.06. The molecule has 1 aliphatic heterocycles. The van der Waals surface area contributed by atoms with Gasteiger partial charge < -0.3 is 16.0 Å². The molecule has 2 aromatic heterocycles. The molecule has 7 heteroatoms. The van der Waals surface area contributed by atoms with E-state index in [0.717, 1.165) is 42.3 Å². The van der Waals surface area contributed by atoms with Crippen molar-refractivity contribution in [3.63, 3.8) is 0 Å². The van der Waals surface area contributed by atoms with Crippen LogP contribution in [0.4, 0.5) is 11.8 Å². The zero-order valence-electron chi connectivity index (χ0n) is 11.7. The summed E-state index contributed by atoms with van der Waals surface area (Å²) in [5.41, 5.74) is 8.58. The molecule has 2 aromatic rings. The van der Waals surface area contributed by atoms with E-state index in [2.05, 4.69) is 30.4 Å². The van der Waals surface area contributed by atoms with Crippen molar-refractivity contribution in [2.75, 3.05) is 30.8 Å². The Labute approximate surface area is 117 Å². The van der Waals surface area contributed by atoms with Gasteiger partial charge in [-0.15, -0.1) is 0 Å². The fraction of sp³-hybridized carbons (Fsp3) is 0.462. The van der Waals surface area contributed by atoms with Crippen molar-refractivity contribution in [2.24, 2.45) is 0 Å². The highest BCUT2D eigenvalue weighted by atomic mass is 15.2. The van der Waals surface area contributed by atoms with Crippen LogP contribution in [0.5, 0.6) is 0 Å². The van der Waals surface area contributed by atoms with E-state index < -0.39 is 0 Å². The standard InChI is InChI=1S/C13H19N7/c1-8-6-16-19-12(8)10-5-11(18-13(14)17-10)20-4-3-9(7-20)15-2/h5-6,9,15H,3-4,7H2,1-2H3,(H,16,19)(H2,14,17,18)/t9-/m0/s1. The van der Waals surface area contributed by atoms with Gasteiger partial charge >= 0.3 is 0 Å². The van der Waals surface area contributed by atoms with E-state index in [4.69, 9.17) is 5.73 Å². The van der Waals surface area contributed by atoms with E-state index >= 15 is 0 Å². The Morgan fingerprint density at radius 1 is 1.45 bits per heavy atom. The number of anilines is 2. The molecule has 3 rings (SSSR count). The van der Waals surface area contributed by atoms with Gasteiger partial charge in [0.05, 0.1) is 17.6 Å². The molecule has 0 spiro atoms. The number of H-pyrrole nitrogens is 1. The third-order valence-corrected chi connectivity index (χ3v) is 3.74. The lowest BCUT2D eigenvalue weighted by atomic mass is 10.2. The number of nitrogens with one attached hydrogen (secondary N) is 2. The van der Waals surface area contributed by atoms with Gasteiger partial charge in [0.15, 0.2) is 0 Å². The number of nitrogens with zero attached hydrogens (tertiary/aromatic N) is 4. The summed E-state index contributed by atoms with van der Waals surface area (Å²) in [6.07, 6.45) is 2.89. The van der Waals surface area contributed by atoms with E-state index in [1.165, 1.54) is 0 Å². The first-order valence-electron chi connectivity index (χ1n) is 6.74. The minimum absolute atomic E-state index is 0.291. The highest BCUT2D eigenvalue weighted by Crippen LogP contribution is 2.25. The maximum Gasteiger partial charge on any atom is 0.222 e. The second-order valence-corrected chi connectivity index (χ2v) is 5.12. The predicted molar refractivity (Wildman–Crippen MR) is 78.4 cm³/mol. The highest BCUT2D eigenvalue weighted by Gasteiger charge is 2.23. The van der Waals surface area contributed by atoms with Crippen LogP contribution < -0.4 is 16.0 Å². The minimum Gasteiger partial charge on any atom is -0.368 e. The van der Waals surface area contributed by atoms with Crippen molar-refractivity contribution in [3.8, 4) is 11.4 Å². The summed E-state index contributed by atoms with van der Waals surface area (Å²) in [5, 5.41) is 10.3.